The quantitative estimate of drug-likeness (QED) is 0.210. The zero-order valence-corrected chi connectivity index (χ0v) is 21.2. The number of unbranched alkanes of at least 4 members (excludes halogenated alkanes) is 8. The second-order valence-electron chi connectivity index (χ2n) is 9.44. The summed E-state index contributed by atoms with van der Waals surface area (Å²) in [6.07, 6.45) is 18.4. The molecule has 0 aliphatic carbocycles. The van der Waals surface area contributed by atoms with Crippen LogP contribution in [0.2, 0.25) is 0 Å². The van der Waals surface area contributed by atoms with Crippen LogP contribution < -0.4 is 4.74 Å². The number of nitrogens with zero attached hydrogens (tertiary/aromatic N) is 2. The first-order chi connectivity index (χ1) is 16.1. The van der Waals surface area contributed by atoms with E-state index in [1.807, 2.05) is 43.6 Å². The lowest BCUT2D eigenvalue weighted by Gasteiger charge is -2.16. The van der Waals surface area contributed by atoms with E-state index in [4.69, 9.17) is 4.74 Å². The van der Waals surface area contributed by atoms with Crippen LogP contribution in [0.1, 0.15) is 103 Å². The van der Waals surface area contributed by atoms with Gasteiger partial charge in [0.1, 0.15) is 11.9 Å². The van der Waals surface area contributed by atoms with Gasteiger partial charge in [-0.3, -0.25) is 0 Å². The van der Waals surface area contributed by atoms with Crippen molar-refractivity contribution >= 4 is 0 Å². The fourth-order valence-corrected chi connectivity index (χ4v) is 4.08. The van der Waals surface area contributed by atoms with E-state index in [-0.39, 0.29) is 5.92 Å². The average molecular weight is 457 g/mol. The minimum Gasteiger partial charge on any atom is -0.493 e. The molecule has 0 aliphatic heterocycles. The van der Waals surface area contributed by atoms with Crippen molar-refractivity contribution in [3.63, 3.8) is 0 Å². The first-order valence-electron chi connectivity index (χ1n) is 13.3. The third-order valence-electron chi connectivity index (χ3n) is 6.43. The maximum Gasteiger partial charge on any atom is 0.159 e. The smallest absolute Gasteiger partial charge is 0.159 e. The molecule has 0 amide bonds. The van der Waals surface area contributed by atoms with Gasteiger partial charge in [0.15, 0.2) is 5.82 Å². The first-order valence-corrected chi connectivity index (χ1v) is 13.3. The van der Waals surface area contributed by atoms with Crippen LogP contribution in [0.5, 0.6) is 5.75 Å². The molecule has 2 aromatic rings. The summed E-state index contributed by atoms with van der Waals surface area (Å²) in [5, 5.41) is 0. The molecule has 3 nitrogen and oxygen atoms in total. The van der Waals surface area contributed by atoms with E-state index in [1.165, 1.54) is 56.9 Å². The van der Waals surface area contributed by atoms with Gasteiger partial charge in [-0.25, -0.2) is 14.4 Å². The predicted molar refractivity (Wildman–Crippen MR) is 137 cm³/mol. The van der Waals surface area contributed by atoms with Crippen LogP contribution in [0.25, 0.3) is 11.4 Å². The van der Waals surface area contributed by atoms with E-state index >= 15 is 0 Å². The largest absolute Gasteiger partial charge is 0.493 e. The summed E-state index contributed by atoms with van der Waals surface area (Å²) >= 11 is 0. The minimum atomic E-state index is -0.798. The van der Waals surface area contributed by atoms with Gasteiger partial charge in [-0.15, -0.1) is 0 Å². The summed E-state index contributed by atoms with van der Waals surface area (Å²) in [5.74, 6) is 1.60. The van der Waals surface area contributed by atoms with Crippen molar-refractivity contribution in [2.75, 3.05) is 6.61 Å². The van der Waals surface area contributed by atoms with E-state index in [2.05, 4.69) is 23.8 Å². The highest BCUT2D eigenvalue weighted by Crippen LogP contribution is 2.22. The SMILES string of the molecule is CCCCCCCCCCc1cnc(-c2ccc(OCCC(F)C(C)CCCC)cc2)nc1. The van der Waals surface area contributed by atoms with Crippen LogP contribution in [0.3, 0.4) is 0 Å². The molecule has 0 saturated carbocycles. The molecule has 2 unspecified atom stereocenters. The molecule has 0 radical (unpaired) electrons. The van der Waals surface area contributed by atoms with E-state index in [9.17, 15) is 4.39 Å². The Labute approximate surface area is 201 Å². The van der Waals surface area contributed by atoms with Gasteiger partial charge in [0.25, 0.3) is 0 Å². The summed E-state index contributed by atoms with van der Waals surface area (Å²) in [6.45, 7) is 6.80. The second-order valence-corrected chi connectivity index (χ2v) is 9.44. The number of ether oxygens (including phenoxy) is 1. The lowest BCUT2D eigenvalue weighted by atomic mass is 9.97. The molecule has 1 aromatic carbocycles. The van der Waals surface area contributed by atoms with Crippen molar-refractivity contribution in [3.8, 4) is 17.1 Å². The highest BCUT2D eigenvalue weighted by atomic mass is 19.1. The van der Waals surface area contributed by atoms with Crippen LogP contribution in [-0.2, 0) is 6.42 Å². The third kappa shape index (κ3) is 11.1. The van der Waals surface area contributed by atoms with Gasteiger partial charge < -0.3 is 4.74 Å². The first kappa shape index (κ1) is 27.3. The molecule has 0 saturated heterocycles. The highest BCUT2D eigenvalue weighted by Gasteiger charge is 2.15. The predicted octanol–water partition coefficient (Wildman–Crippen LogP) is 8.76. The Kier molecular flexibility index (Phi) is 13.7. The number of aryl methyl sites for hydroxylation is 1. The van der Waals surface area contributed by atoms with Crippen LogP contribution in [0, 0.1) is 5.92 Å². The standard InChI is InChI=1S/C29H45FN2O/c1-4-6-8-9-10-11-12-13-15-25-22-31-29(32-23-25)26-16-18-27(19-17-26)33-21-20-28(30)24(3)14-7-5-2/h16-19,22-24,28H,4-15,20-21H2,1-3H3. The van der Waals surface area contributed by atoms with Gasteiger partial charge in [0.05, 0.1) is 6.61 Å². The van der Waals surface area contributed by atoms with Crippen molar-refractivity contribution < 1.29 is 9.13 Å². The summed E-state index contributed by atoms with van der Waals surface area (Å²) < 4.78 is 20.0. The molecule has 2 rings (SSSR count). The van der Waals surface area contributed by atoms with E-state index in [0.717, 1.165) is 42.8 Å². The molecule has 1 heterocycles. The van der Waals surface area contributed by atoms with Gasteiger partial charge in [-0.2, -0.15) is 0 Å². The zero-order valence-electron chi connectivity index (χ0n) is 21.2. The summed E-state index contributed by atoms with van der Waals surface area (Å²) in [6, 6.07) is 7.78. The molecule has 33 heavy (non-hydrogen) atoms. The molecule has 1 aromatic heterocycles. The maximum absolute atomic E-state index is 14.2. The molecule has 184 valence electrons. The fourth-order valence-electron chi connectivity index (χ4n) is 4.08. The monoisotopic (exact) mass is 456 g/mol. The number of rotatable bonds is 18. The average Bonchev–Trinajstić information content (AvgIpc) is 2.85. The van der Waals surface area contributed by atoms with Crippen molar-refractivity contribution in [3.05, 3.63) is 42.2 Å². The van der Waals surface area contributed by atoms with Crippen molar-refractivity contribution in [2.45, 2.75) is 110 Å². The summed E-state index contributed by atoms with van der Waals surface area (Å²) in [5.41, 5.74) is 2.18. The number of hydrogen-bond acceptors (Lipinski definition) is 3. The molecule has 4 heteroatoms. The van der Waals surface area contributed by atoms with Crippen molar-refractivity contribution in [2.24, 2.45) is 5.92 Å². The summed E-state index contributed by atoms with van der Waals surface area (Å²) in [7, 11) is 0. The lowest BCUT2D eigenvalue weighted by Crippen LogP contribution is -2.16. The Morgan fingerprint density at radius 2 is 1.39 bits per heavy atom. The zero-order chi connectivity index (χ0) is 23.7. The molecule has 0 spiro atoms. The fraction of sp³-hybridized carbons (Fsp3) is 0.655. The van der Waals surface area contributed by atoms with Gasteiger partial charge >= 0.3 is 0 Å². The minimum absolute atomic E-state index is 0.103. The van der Waals surface area contributed by atoms with Crippen LogP contribution in [-0.4, -0.2) is 22.7 Å². The molecular weight excluding hydrogens is 411 g/mol. The van der Waals surface area contributed by atoms with Crippen molar-refractivity contribution in [1.82, 2.24) is 9.97 Å². The van der Waals surface area contributed by atoms with Gasteiger partial charge in [-0.05, 0) is 55.0 Å². The van der Waals surface area contributed by atoms with E-state index in [1.54, 1.807) is 0 Å². The van der Waals surface area contributed by atoms with E-state index < -0.39 is 6.17 Å². The normalized spacial score (nSPS) is 13.1. The summed E-state index contributed by atoms with van der Waals surface area (Å²) in [4.78, 5) is 9.11. The van der Waals surface area contributed by atoms with E-state index in [0.29, 0.717) is 13.0 Å². The maximum atomic E-state index is 14.2. The van der Waals surface area contributed by atoms with Crippen LogP contribution in [0.15, 0.2) is 36.7 Å². The Morgan fingerprint density at radius 3 is 2.03 bits per heavy atom. The Morgan fingerprint density at radius 1 is 0.788 bits per heavy atom. The lowest BCUT2D eigenvalue weighted by molar-refractivity contribution is 0.177. The number of halogens is 1. The molecule has 0 N–H and O–H groups in total. The van der Waals surface area contributed by atoms with Gasteiger partial charge in [-0.1, -0.05) is 78.6 Å². The molecule has 0 fully saturated rings. The molecule has 0 aliphatic rings. The number of hydrogen-bond donors (Lipinski definition) is 0. The topological polar surface area (TPSA) is 35.0 Å². The highest BCUT2D eigenvalue weighted by molar-refractivity contribution is 5.55. The van der Waals surface area contributed by atoms with Crippen molar-refractivity contribution in [1.29, 1.82) is 0 Å². The number of alkyl halides is 1. The molecule has 2 atom stereocenters. The Balaban J connectivity index is 1.68. The Hall–Kier alpha value is -1.97. The third-order valence-corrected chi connectivity index (χ3v) is 6.43. The second kappa shape index (κ2) is 16.6. The van der Waals surface area contributed by atoms with Crippen LogP contribution in [0.4, 0.5) is 4.39 Å². The van der Waals surface area contributed by atoms with Gasteiger partial charge in [0, 0.05) is 24.4 Å². The molecular formula is C29H45FN2O. The molecule has 0 bridgehead atoms. The van der Waals surface area contributed by atoms with Crippen LogP contribution >= 0.6 is 0 Å². The number of aromatic nitrogens is 2. The Bertz CT molecular complexity index is 732. The number of benzene rings is 1. The van der Waals surface area contributed by atoms with Gasteiger partial charge in [0.2, 0.25) is 0 Å².